The Morgan fingerprint density at radius 2 is 1.67 bits per heavy atom. The molecule has 0 aliphatic carbocycles. The largest absolute Gasteiger partial charge is 0.369 e. The molecule has 2 aliphatic heterocycles. The first kappa shape index (κ1) is 19.9. The first-order chi connectivity index (χ1) is 12.8. The Hall–Kier alpha value is -1.88. The molecule has 2 saturated heterocycles. The maximum atomic E-state index is 12.8. The molecule has 1 atom stereocenters. The monoisotopic (exact) mass is 371 g/mol. The van der Waals surface area contributed by atoms with Gasteiger partial charge in [0.05, 0.1) is 6.54 Å². The Labute approximate surface area is 162 Å². The highest BCUT2D eigenvalue weighted by Gasteiger charge is 2.31. The lowest BCUT2D eigenvalue weighted by Crippen LogP contribution is -2.45. The summed E-state index contributed by atoms with van der Waals surface area (Å²) in [6, 6.07) is 9.23. The molecule has 0 spiro atoms. The van der Waals surface area contributed by atoms with Crippen molar-refractivity contribution in [1.29, 1.82) is 0 Å². The lowest BCUT2D eigenvalue weighted by atomic mass is 9.86. The van der Waals surface area contributed by atoms with Gasteiger partial charge in [0, 0.05) is 25.0 Å². The molecule has 0 unspecified atom stereocenters. The number of nitrogens with two attached hydrogens (primary N) is 1. The van der Waals surface area contributed by atoms with Crippen molar-refractivity contribution >= 4 is 11.8 Å². The number of amides is 2. The van der Waals surface area contributed by atoms with Crippen molar-refractivity contribution in [2.75, 3.05) is 26.2 Å². The maximum absolute atomic E-state index is 12.8. The van der Waals surface area contributed by atoms with Gasteiger partial charge in [-0.3, -0.25) is 14.5 Å². The number of primary amides is 1. The molecular weight excluding hydrogens is 338 g/mol. The molecule has 2 amide bonds. The molecule has 148 valence electrons. The number of rotatable bonds is 4. The van der Waals surface area contributed by atoms with E-state index in [2.05, 4.69) is 49.9 Å². The Bertz CT molecular complexity index is 670. The lowest BCUT2D eigenvalue weighted by Gasteiger charge is -2.33. The van der Waals surface area contributed by atoms with Crippen LogP contribution in [0.1, 0.15) is 63.6 Å². The molecule has 2 heterocycles. The highest BCUT2D eigenvalue weighted by Crippen LogP contribution is 2.33. The molecule has 0 saturated carbocycles. The van der Waals surface area contributed by atoms with Crippen molar-refractivity contribution in [2.45, 2.75) is 57.9 Å². The smallest absolute Gasteiger partial charge is 0.236 e. The van der Waals surface area contributed by atoms with E-state index in [9.17, 15) is 9.59 Å². The summed E-state index contributed by atoms with van der Waals surface area (Å²) in [5.74, 6) is -0.133. The van der Waals surface area contributed by atoms with E-state index in [1.165, 1.54) is 11.1 Å². The summed E-state index contributed by atoms with van der Waals surface area (Å²) in [5.41, 5.74) is 8.19. The molecule has 2 N–H and O–H groups in total. The number of benzene rings is 1. The highest BCUT2D eigenvalue weighted by molar-refractivity contribution is 5.80. The number of likely N-dealkylation sites (tertiary alicyclic amines) is 2. The van der Waals surface area contributed by atoms with Crippen LogP contribution in [-0.2, 0) is 15.0 Å². The van der Waals surface area contributed by atoms with Crippen LogP contribution >= 0.6 is 0 Å². The van der Waals surface area contributed by atoms with E-state index >= 15 is 0 Å². The lowest BCUT2D eigenvalue weighted by molar-refractivity contribution is -0.136. The summed E-state index contributed by atoms with van der Waals surface area (Å²) in [6.07, 6.45) is 3.62. The molecule has 3 rings (SSSR count). The molecule has 1 aromatic rings. The van der Waals surface area contributed by atoms with Gasteiger partial charge >= 0.3 is 0 Å². The van der Waals surface area contributed by atoms with Crippen molar-refractivity contribution in [3.8, 4) is 0 Å². The van der Waals surface area contributed by atoms with Gasteiger partial charge in [0.1, 0.15) is 0 Å². The molecule has 2 aliphatic rings. The van der Waals surface area contributed by atoms with Crippen LogP contribution in [-0.4, -0.2) is 47.8 Å². The SMILES string of the molecule is CC(C)(C)c1ccc([C@@H]2CCCN2CC(=O)N2CCC(C(N)=O)CC2)cc1. The zero-order chi connectivity index (χ0) is 19.6. The van der Waals surface area contributed by atoms with Crippen LogP contribution in [0.25, 0.3) is 0 Å². The number of hydrogen-bond donors (Lipinski definition) is 1. The van der Waals surface area contributed by atoms with Crippen LogP contribution in [0.15, 0.2) is 24.3 Å². The Kier molecular flexibility index (Phi) is 5.89. The van der Waals surface area contributed by atoms with Crippen LogP contribution in [0.5, 0.6) is 0 Å². The highest BCUT2D eigenvalue weighted by atomic mass is 16.2. The Balaban J connectivity index is 1.60. The van der Waals surface area contributed by atoms with E-state index in [4.69, 9.17) is 5.73 Å². The van der Waals surface area contributed by atoms with Crippen LogP contribution in [0.4, 0.5) is 0 Å². The van der Waals surface area contributed by atoms with Gasteiger partial charge in [0.15, 0.2) is 0 Å². The van der Waals surface area contributed by atoms with Gasteiger partial charge in [0.2, 0.25) is 11.8 Å². The standard InChI is InChI=1S/C22H33N3O2/c1-22(2,3)18-8-6-16(7-9-18)19-5-4-12-25(19)15-20(26)24-13-10-17(11-14-24)21(23)27/h6-9,17,19H,4-5,10-15H2,1-3H3,(H2,23,27)/t19-/m0/s1. The zero-order valence-electron chi connectivity index (χ0n) is 16.9. The third-order valence-corrected chi connectivity index (χ3v) is 6.11. The summed E-state index contributed by atoms with van der Waals surface area (Å²) in [5, 5.41) is 0. The molecule has 0 radical (unpaired) electrons. The average Bonchev–Trinajstić information content (AvgIpc) is 3.09. The van der Waals surface area contributed by atoms with Crippen LogP contribution < -0.4 is 5.73 Å². The predicted octanol–water partition coefficient (Wildman–Crippen LogP) is 2.84. The van der Waals surface area contributed by atoms with Crippen molar-refractivity contribution in [3.05, 3.63) is 35.4 Å². The number of carbonyl (C=O) groups is 2. The third kappa shape index (κ3) is 4.70. The van der Waals surface area contributed by atoms with E-state index in [0.29, 0.717) is 38.5 Å². The van der Waals surface area contributed by atoms with Crippen molar-refractivity contribution in [3.63, 3.8) is 0 Å². The number of carbonyl (C=O) groups excluding carboxylic acids is 2. The average molecular weight is 372 g/mol. The number of nitrogens with zero attached hydrogens (tertiary/aromatic N) is 2. The minimum absolute atomic E-state index is 0.0742. The van der Waals surface area contributed by atoms with E-state index in [-0.39, 0.29) is 23.1 Å². The molecule has 0 bridgehead atoms. The zero-order valence-corrected chi connectivity index (χ0v) is 16.9. The van der Waals surface area contributed by atoms with Gasteiger partial charge < -0.3 is 10.6 Å². The second kappa shape index (κ2) is 8.01. The van der Waals surface area contributed by atoms with Gasteiger partial charge in [-0.25, -0.2) is 0 Å². The first-order valence-electron chi connectivity index (χ1n) is 10.2. The maximum Gasteiger partial charge on any atom is 0.236 e. The van der Waals surface area contributed by atoms with Crippen LogP contribution in [0, 0.1) is 5.92 Å². The molecule has 1 aromatic carbocycles. The minimum Gasteiger partial charge on any atom is -0.369 e. The Morgan fingerprint density at radius 3 is 2.22 bits per heavy atom. The van der Waals surface area contributed by atoms with Crippen molar-refractivity contribution in [2.24, 2.45) is 11.7 Å². The van der Waals surface area contributed by atoms with Crippen LogP contribution in [0.2, 0.25) is 0 Å². The van der Waals surface area contributed by atoms with Gasteiger partial charge in [-0.1, -0.05) is 45.0 Å². The molecule has 5 nitrogen and oxygen atoms in total. The molecule has 27 heavy (non-hydrogen) atoms. The van der Waals surface area contributed by atoms with Crippen LogP contribution in [0.3, 0.4) is 0 Å². The van der Waals surface area contributed by atoms with E-state index < -0.39 is 0 Å². The van der Waals surface area contributed by atoms with Crippen molar-refractivity contribution in [1.82, 2.24) is 9.80 Å². The van der Waals surface area contributed by atoms with E-state index in [1.807, 2.05) is 4.90 Å². The number of piperidine rings is 1. The normalized spacial score (nSPS) is 22.2. The van der Waals surface area contributed by atoms with Crippen molar-refractivity contribution < 1.29 is 9.59 Å². The first-order valence-corrected chi connectivity index (χ1v) is 10.2. The molecule has 0 aromatic heterocycles. The summed E-state index contributed by atoms with van der Waals surface area (Å²) in [4.78, 5) is 28.3. The summed E-state index contributed by atoms with van der Waals surface area (Å²) in [6.45, 7) is 9.40. The molecule has 2 fully saturated rings. The summed E-state index contributed by atoms with van der Waals surface area (Å²) in [7, 11) is 0. The minimum atomic E-state index is -0.236. The van der Waals surface area contributed by atoms with Gasteiger partial charge in [-0.05, 0) is 48.8 Å². The number of hydrogen-bond acceptors (Lipinski definition) is 3. The fourth-order valence-corrected chi connectivity index (χ4v) is 4.29. The van der Waals surface area contributed by atoms with Gasteiger partial charge in [-0.2, -0.15) is 0 Å². The predicted molar refractivity (Wildman–Crippen MR) is 107 cm³/mol. The van der Waals surface area contributed by atoms with Gasteiger partial charge in [-0.15, -0.1) is 0 Å². The molecular formula is C22H33N3O2. The Morgan fingerprint density at radius 1 is 1.04 bits per heavy atom. The fraction of sp³-hybridized carbons (Fsp3) is 0.636. The quantitative estimate of drug-likeness (QED) is 0.885. The van der Waals surface area contributed by atoms with E-state index in [0.717, 1.165) is 19.4 Å². The second-order valence-corrected chi connectivity index (χ2v) is 9.06. The van der Waals surface area contributed by atoms with Gasteiger partial charge in [0.25, 0.3) is 0 Å². The summed E-state index contributed by atoms with van der Waals surface area (Å²) >= 11 is 0. The second-order valence-electron chi connectivity index (χ2n) is 9.06. The topological polar surface area (TPSA) is 66.6 Å². The fourth-order valence-electron chi connectivity index (χ4n) is 4.29. The third-order valence-electron chi connectivity index (χ3n) is 6.11. The molecule has 5 heteroatoms. The summed E-state index contributed by atoms with van der Waals surface area (Å²) < 4.78 is 0. The van der Waals surface area contributed by atoms with E-state index in [1.54, 1.807) is 0 Å².